The molecule has 2 saturated carbocycles. The van der Waals surface area contributed by atoms with Crippen molar-refractivity contribution in [3.8, 4) is 0 Å². The molecule has 0 aromatic heterocycles. The quantitative estimate of drug-likeness (QED) is 0.656. The molecule has 1 N–H and O–H groups in total. The summed E-state index contributed by atoms with van der Waals surface area (Å²) in [6.07, 6.45) is 16.7. The standard InChI is InChI=1S/C27H38O3/c1-17(6-11-24(29)25(2,3)30)21-9-10-22-20-8-7-18-16-19(28)12-14-26(18,4)23(20)13-15-27(21,22)5/h7-8,12,14,16-17,20-23,30H,6,9-11,13,15H2,1-5H3/t17-,20+,21-,22+,23+,26+,27-/m1/s1. The maximum atomic E-state index is 12.2. The normalized spacial score (nSPS) is 41.0. The van der Waals surface area contributed by atoms with Crippen molar-refractivity contribution in [3.63, 3.8) is 0 Å². The van der Waals surface area contributed by atoms with E-state index in [2.05, 4.69) is 39.0 Å². The van der Waals surface area contributed by atoms with Crippen LogP contribution in [-0.4, -0.2) is 22.3 Å². The largest absolute Gasteiger partial charge is 0.383 e. The SMILES string of the molecule is C[C@H](CCC(=O)C(C)(C)O)[C@H]1CC[C@H]2[C@@H]3C=CC4=CC(=O)C=C[C@]4(C)[C@H]3CC[C@]12C. The fourth-order valence-electron chi connectivity index (χ4n) is 7.49. The van der Waals surface area contributed by atoms with E-state index in [1.54, 1.807) is 19.9 Å². The minimum Gasteiger partial charge on any atom is -0.383 e. The van der Waals surface area contributed by atoms with Crippen molar-refractivity contribution < 1.29 is 14.7 Å². The summed E-state index contributed by atoms with van der Waals surface area (Å²) in [6.45, 7) is 10.3. The van der Waals surface area contributed by atoms with Gasteiger partial charge < -0.3 is 5.11 Å². The van der Waals surface area contributed by atoms with E-state index in [1.807, 2.05) is 6.08 Å². The van der Waals surface area contributed by atoms with Crippen LogP contribution in [0.1, 0.15) is 73.1 Å². The fraction of sp³-hybridized carbons (Fsp3) is 0.704. The molecule has 0 saturated heterocycles. The Kier molecular flexibility index (Phi) is 5.28. The summed E-state index contributed by atoms with van der Waals surface area (Å²) in [6, 6.07) is 0. The van der Waals surface area contributed by atoms with Gasteiger partial charge in [0.25, 0.3) is 0 Å². The lowest BCUT2D eigenvalue weighted by Crippen LogP contribution is -2.48. The third-order valence-corrected chi connectivity index (χ3v) is 9.38. The van der Waals surface area contributed by atoms with Crippen molar-refractivity contribution in [2.45, 2.75) is 78.7 Å². The number of ketones is 2. The maximum absolute atomic E-state index is 12.2. The Bertz CT molecular complexity index is 826. The van der Waals surface area contributed by atoms with E-state index >= 15 is 0 Å². The van der Waals surface area contributed by atoms with Gasteiger partial charge >= 0.3 is 0 Å². The van der Waals surface area contributed by atoms with Crippen molar-refractivity contribution in [2.75, 3.05) is 0 Å². The zero-order valence-corrected chi connectivity index (χ0v) is 19.3. The molecule has 0 heterocycles. The van der Waals surface area contributed by atoms with Crippen LogP contribution in [0.4, 0.5) is 0 Å². The van der Waals surface area contributed by atoms with E-state index in [-0.39, 0.29) is 17.0 Å². The van der Waals surface area contributed by atoms with Gasteiger partial charge in [0.1, 0.15) is 5.60 Å². The molecule has 4 rings (SSSR count). The molecular weight excluding hydrogens is 372 g/mol. The molecule has 0 amide bonds. The number of rotatable bonds is 5. The first-order valence-electron chi connectivity index (χ1n) is 11.9. The predicted molar refractivity (Wildman–Crippen MR) is 120 cm³/mol. The van der Waals surface area contributed by atoms with Gasteiger partial charge in [0, 0.05) is 11.8 Å². The first-order valence-corrected chi connectivity index (χ1v) is 11.9. The molecule has 0 aromatic rings. The van der Waals surface area contributed by atoms with Crippen LogP contribution in [0.2, 0.25) is 0 Å². The fourth-order valence-corrected chi connectivity index (χ4v) is 7.49. The first kappa shape index (κ1) is 21.7. The summed E-state index contributed by atoms with van der Waals surface area (Å²) >= 11 is 0. The lowest BCUT2D eigenvalue weighted by Gasteiger charge is -2.55. The summed E-state index contributed by atoms with van der Waals surface area (Å²) < 4.78 is 0. The van der Waals surface area contributed by atoms with Crippen molar-refractivity contribution in [1.82, 2.24) is 0 Å². The Morgan fingerprint density at radius 1 is 1.20 bits per heavy atom. The Balaban J connectivity index is 1.52. The smallest absolute Gasteiger partial charge is 0.178 e. The molecule has 3 nitrogen and oxygen atoms in total. The van der Waals surface area contributed by atoms with Crippen LogP contribution in [-0.2, 0) is 9.59 Å². The van der Waals surface area contributed by atoms with Crippen LogP contribution < -0.4 is 0 Å². The third-order valence-electron chi connectivity index (χ3n) is 9.38. The molecule has 0 unspecified atom stereocenters. The molecule has 30 heavy (non-hydrogen) atoms. The Hall–Kier alpha value is -1.48. The van der Waals surface area contributed by atoms with Gasteiger partial charge in [-0.1, -0.05) is 39.0 Å². The minimum atomic E-state index is -1.22. The average Bonchev–Trinajstić information content (AvgIpc) is 3.03. The molecule has 0 bridgehead atoms. The predicted octanol–water partition coefficient (Wildman–Crippen LogP) is 5.44. The summed E-state index contributed by atoms with van der Waals surface area (Å²) in [4.78, 5) is 24.1. The number of hydrogen-bond acceptors (Lipinski definition) is 3. The van der Waals surface area contributed by atoms with Crippen molar-refractivity contribution in [3.05, 3.63) is 36.0 Å². The molecule has 4 aliphatic carbocycles. The Morgan fingerprint density at radius 2 is 1.93 bits per heavy atom. The average molecular weight is 411 g/mol. The molecule has 0 aliphatic heterocycles. The van der Waals surface area contributed by atoms with Gasteiger partial charge in [-0.2, -0.15) is 0 Å². The number of aliphatic hydroxyl groups is 1. The minimum absolute atomic E-state index is 0.0164. The molecule has 0 spiro atoms. The number of allylic oxidation sites excluding steroid dienone is 6. The zero-order valence-electron chi connectivity index (χ0n) is 19.3. The third kappa shape index (κ3) is 3.38. The molecular formula is C27H38O3. The molecule has 164 valence electrons. The van der Waals surface area contributed by atoms with Crippen molar-refractivity contribution in [2.24, 2.45) is 40.4 Å². The second-order valence-corrected chi connectivity index (χ2v) is 11.5. The topological polar surface area (TPSA) is 54.4 Å². The van der Waals surface area contributed by atoms with Gasteiger partial charge in [-0.05, 0) is 98.7 Å². The number of carbonyl (C=O) groups excluding carboxylic acids is 2. The Labute approximate surface area is 181 Å². The van der Waals surface area contributed by atoms with Gasteiger partial charge in [-0.25, -0.2) is 0 Å². The summed E-state index contributed by atoms with van der Waals surface area (Å²) in [5.74, 6) is 3.02. The number of fused-ring (bicyclic) bond motifs is 5. The van der Waals surface area contributed by atoms with Gasteiger partial charge in [0.15, 0.2) is 11.6 Å². The number of hydrogen-bond donors (Lipinski definition) is 1. The van der Waals surface area contributed by atoms with Crippen LogP contribution in [0.5, 0.6) is 0 Å². The highest BCUT2D eigenvalue weighted by atomic mass is 16.3. The molecule has 3 heteroatoms. The monoisotopic (exact) mass is 410 g/mol. The second kappa shape index (κ2) is 7.29. The number of Topliss-reactive ketones (excluding diaryl/α,β-unsaturated/α-hetero) is 1. The van der Waals surface area contributed by atoms with E-state index in [0.717, 1.165) is 6.42 Å². The highest BCUT2D eigenvalue weighted by Gasteiger charge is 2.58. The molecule has 7 atom stereocenters. The lowest BCUT2D eigenvalue weighted by molar-refractivity contribution is -0.134. The molecule has 0 aromatic carbocycles. The maximum Gasteiger partial charge on any atom is 0.178 e. The van der Waals surface area contributed by atoms with Crippen LogP contribution >= 0.6 is 0 Å². The van der Waals surface area contributed by atoms with E-state index in [0.29, 0.717) is 41.4 Å². The van der Waals surface area contributed by atoms with Crippen LogP contribution in [0, 0.1) is 40.4 Å². The van der Waals surface area contributed by atoms with Gasteiger partial charge in [-0.3, -0.25) is 9.59 Å². The Morgan fingerprint density at radius 3 is 2.63 bits per heavy atom. The molecule has 2 fully saturated rings. The van der Waals surface area contributed by atoms with Crippen molar-refractivity contribution in [1.29, 1.82) is 0 Å². The van der Waals surface area contributed by atoms with Crippen molar-refractivity contribution >= 4 is 11.6 Å². The van der Waals surface area contributed by atoms with E-state index in [9.17, 15) is 14.7 Å². The zero-order chi connectivity index (χ0) is 21.9. The molecule has 4 aliphatic rings. The summed E-state index contributed by atoms with van der Waals surface area (Å²) in [5.41, 5.74) is 0.266. The van der Waals surface area contributed by atoms with Gasteiger partial charge in [-0.15, -0.1) is 0 Å². The van der Waals surface area contributed by atoms with Gasteiger partial charge in [0.05, 0.1) is 0 Å². The number of carbonyl (C=O) groups is 2. The van der Waals surface area contributed by atoms with Crippen LogP contribution in [0.25, 0.3) is 0 Å². The molecule has 0 radical (unpaired) electrons. The van der Waals surface area contributed by atoms with E-state index < -0.39 is 5.60 Å². The van der Waals surface area contributed by atoms with E-state index in [4.69, 9.17) is 0 Å². The summed E-state index contributed by atoms with van der Waals surface area (Å²) in [5, 5.41) is 9.98. The second-order valence-electron chi connectivity index (χ2n) is 11.5. The van der Waals surface area contributed by atoms with E-state index in [1.165, 1.54) is 31.3 Å². The van der Waals surface area contributed by atoms with Gasteiger partial charge in [0.2, 0.25) is 0 Å². The summed E-state index contributed by atoms with van der Waals surface area (Å²) in [7, 11) is 0. The highest BCUT2D eigenvalue weighted by molar-refractivity contribution is 6.01. The van der Waals surface area contributed by atoms with Crippen LogP contribution in [0.3, 0.4) is 0 Å². The lowest BCUT2D eigenvalue weighted by atomic mass is 9.49. The first-order chi connectivity index (χ1) is 14.0. The highest BCUT2D eigenvalue weighted by Crippen LogP contribution is 2.65. The van der Waals surface area contributed by atoms with Crippen LogP contribution in [0.15, 0.2) is 36.0 Å².